The highest BCUT2D eigenvalue weighted by Crippen LogP contribution is 2.68. The summed E-state index contributed by atoms with van der Waals surface area (Å²) in [6.07, 6.45) is 14.6. The molecule has 0 aromatic carbocycles. The van der Waals surface area contributed by atoms with Crippen LogP contribution in [0.4, 0.5) is 0 Å². The Morgan fingerprint density at radius 2 is 1.83 bits per heavy atom. The lowest BCUT2D eigenvalue weighted by molar-refractivity contribution is -0.0740. The zero-order valence-corrected chi connectivity index (χ0v) is 20.3. The van der Waals surface area contributed by atoms with Crippen molar-refractivity contribution in [2.75, 3.05) is 27.4 Å². The number of allylic oxidation sites excluding steroid dienone is 4. The summed E-state index contributed by atoms with van der Waals surface area (Å²) in [6, 6.07) is 1.28. The first-order valence-corrected chi connectivity index (χ1v) is 12.6. The van der Waals surface area contributed by atoms with Crippen molar-refractivity contribution in [3.8, 4) is 0 Å². The second-order valence-electron chi connectivity index (χ2n) is 12.3. The summed E-state index contributed by atoms with van der Waals surface area (Å²) in [4.78, 5) is 2.46. The van der Waals surface area contributed by atoms with Gasteiger partial charge >= 0.3 is 0 Å². The molecule has 5 aliphatic rings. The van der Waals surface area contributed by atoms with Crippen LogP contribution in [0.5, 0.6) is 0 Å². The molecular weight excluding hydrogens is 368 g/mol. The number of fused-ring (bicyclic) bond motifs is 6. The number of nitrogens with one attached hydrogen (secondary N) is 1. The average Bonchev–Trinajstić information content (AvgIpc) is 2.86. The normalized spacial score (nSPS) is 49.2. The molecule has 3 heteroatoms. The van der Waals surface area contributed by atoms with Gasteiger partial charge in [-0.2, -0.15) is 0 Å². The van der Waals surface area contributed by atoms with E-state index < -0.39 is 0 Å². The van der Waals surface area contributed by atoms with Crippen LogP contribution in [-0.4, -0.2) is 44.4 Å². The van der Waals surface area contributed by atoms with Crippen LogP contribution in [0.15, 0.2) is 23.3 Å². The average molecular weight is 413 g/mol. The first-order chi connectivity index (χ1) is 14.2. The van der Waals surface area contributed by atoms with Crippen LogP contribution in [0.1, 0.15) is 72.6 Å². The molecule has 3 fully saturated rings. The lowest BCUT2D eigenvalue weighted by atomic mass is 9.51. The van der Waals surface area contributed by atoms with Gasteiger partial charge in [0, 0.05) is 17.5 Å². The molecule has 4 aliphatic carbocycles. The molecule has 8 unspecified atom stereocenters. The van der Waals surface area contributed by atoms with Crippen molar-refractivity contribution in [3.05, 3.63) is 23.3 Å². The Kier molecular flexibility index (Phi) is 5.08. The van der Waals surface area contributed by atoms with E-state index in [-0.39, 0.29) is 5.41 Å². The highest BCUT2D eigenvalue weighted by atomic mass is 16.5. The summed E-state index contributed by atoms with van der Waals surface area (Å²) in [6.45, 7) is 11.9. The van der Waals surface area contributed by atoms with E-state index >= 15 is 0 Å². The fourth-order valence-electron chi connectivity index (χ4n) is 8.74. The zero-order valence-electron chi connectivity index (χ0n) is 20.3. The Hall–Kier alpha value is -0.640. The molecule has 0 aromatic heterocycles. The lowest BCUT2D eigenvalue weighted by Crippen LogP contribution is -2.57. The predicted octanol–water partition coefficient (Wildman–Crippen LogP) is 5.39. The fourth-order valence-corrected chi connectivity index (χ4v) is 8.74. The molecular formula is C27H44N2O. The molecule has 0 spiro atoms. The Morgan fingerprint density at radius 3 is 2.60 bits per heavy atom. The van der Waals surface area contributed by atoms with E-state index in [4.69, 9.17) is 4.74 Å². The molecule has 168 valence electrons. The van der Waals surface area contributed by atoms with Gasteiger partial charge in [-0.15, -0.1) is 0 Å². The summed E-state index contributed by atoms with van der Waals surface area (Å²) in [5.41, 5.74) is 4.53. The third-order valence-electron chi connectivity index (χ3n) is 11.1. The molecule has 3 nitrogen and oxygen atoms in total. The summed E-state index contributed by atoms with van der Waals surface area (Å²) in [7, 11) is 4.54. The van der Waals surface area contributed by atoms with E-state index in [2.05, 4.69) is 64.2 Å². The largest absolute Gasteiger partial charge is 0.366 e. The van der Waals surface area contributed by atoms with Crippen LogP contribution in [-0.2, 0) is 4.74 Å². The highest BCUT2D eigenvalue weighted by molar-refractivity contribution is 5.37. The van der Waals surface area contributed by atoms with Gasteiger partial charge in [-0.3, -0.25) is 5.32 Å². The predicted molar refractivity (Wildman–Crippen MR) is 124 cm³/mol. The molecule has 0 amide bonds. The second kappa shape index (κ2) is 7.18. The fraction of sp³-hybridized carbons (Fsp3) is 0.852. The second-order valence-corrected chi connectivity index (χ2v) is 12.3. The van der Waals surface area contributed by atoms with Crippen molar-refractivity contribution in [2.45, 2.75) is 84.7 Å². The van der Waals surface area contributed by atoms with Gasteiger partial charge in [0.2, 0.25) is 0 Å². The Bertz CT molecular complexity index is 756. The van der Waals surface area contributed by atoms with E-state index in [0.717, 1.165) is 25.2 Å². The standard InChI is InChI=1S/C27H44N2O/c1-18(29(5)6)21-12-14-27(4)23-9-8-22-19(15-20(23)11-13-26(21,27)3)7-10-24-25(22,2)16-30-17-28-24/h11,15,18,21-24,28H,7-10,12-14,16-17H2,1-6H3. The topological polar surface area (TPSA) is 24.5 Å². The number of hydrogen-bond acceptors (Lipinski definition) is 3. The molecule has 5 rings (SSSR count). The molecule has 1 aliphatic heterocycles. The number of nitrogens with zero attached hydrogens (tertiary/aromatic N) is 1. The molecule has 1 heterocycles. The minimum absolute atomic E-state index is 0.262. The quantitative estimate of drug-likeness (QED) is 0.658. The van der Waals surface area contributed by atoms with Gasteiger partial charge in [0.1, 0.15) is 0 Å². The third-order valence-corrected chi connectivity index (χ3v) is 11.1. The maximum atomic E-state index is 5.96. The third kappa shape index (κ3) is 2.80. The van der Waals surface area contributed by atoms with Crippen molar-refractivity contribution in [1.82, 2.24) is 10.2 Å². The Balaban J connectivity index is 1.48. The van der Waals surface area contributed by atoms with E-state index in [1.54, 1.807) is 11.1 Å². The Morgan fingerprint density at radius 1 is 1.07 bits per heavy atom. The van der Waals surface area contributed by atoms with Gasteiger partial charge in [-0.1, -0.05) is 38.5 Å². The van der Waals surface area contributed by atoms with Crippen LogP contribution in [0, 0.1) is 34.0 Å². The van der Waals surface area contributed by atoms with Gasteiger partial charge < -0.3 is 9.64 Å². The van der Waals surface area contributed by atoms with E-state index in [0.29, 0.717) is 28.8 Å². The number of ether oxygens (including phenoxy) is 1. The van der Waals surface area contributed by atoms with Gasteiger partial charge in [-0.05, 0) is 100 Å². The maximum absolute atomic E-state index is 5.96. The van der Waals surface area contributed by atoms with Crippen molar-refractivity contribution in [3.63, 3.8) is 0 Å². The first-order valence-electron chi connectivity index (χ1n) is 12.6. The smallest absolute Gasteiger partial charge is 0.0967 e. The van der Waals surface area contributed by atoms with E-state index in [1.165, 1.54) is 44.9 Å². The summed E-state index contributed by atoms with van der Waals surface area (Å²) >= 11 is 0. The van der Waals surface area contributed by atoms with Crippen LogP contribution in [0.2, 0.25) is 0 Å². The molecule has 0 radical (unpaired) electrons. The monoisotopic (exact) mass is 412 g/mol. The molecule has 0 bridgehead atoms. The Labute approximate surface area is 184 Å². The first kappa shape index (κ1) is 21.2. The van der Waals surface area contributed by atoms with Crippen molar-refractivity contribution < 1.29 is 4.74 Å². The van der Waals surface area contributed by atoms with E-state index in [9.17, 15) is 0 Å². The molecule has 1 N–H and O–H groups in total. The zero-order chi connectivity index (χ0) is 21.3. The van der Waals surface area contributed by atoms with Crippen LogP contribution < -0.4 is 5.32 Å². The van der Waals surface area contributed by atoms with Crippen LogP contribution in [0.25, 0.3) is 0 Å². The van der Waals surface area contributed by atoms with Crippen LogP contribution in [0.3, 0.4) is 0 Å². The number of rotatable bonds is 2. The van der Waals surface area contributed by atoms with Gasteiger partial charge in [0.05, 0.1) is 13.3 Å². The highest BCUT2D eigenvalue weighted by Gasteiger charge is 2.61. The van der Waals surface area contributed by atoms with E-state index in [1.807, 2.05) is 0 Å². The summed E-state index contributed by atoms with van der Waals surface area (Å²) < 4.78 is 5.96. The molecule has 30 heavy (non-hydrogen) atoms. The van der Waals surface area contributed by atoms with Crippen molar-refractivity contribution >= 4 is 0 Å². The molecule has 1 saturated heterocycles. The lowest BCUT2D eigenvalue weighted by Gasteiger charge is -2.54. The number of hydrogen-bond donors (Lipinski definition) is 1. The molecule has 8 atom stereocenters. The van der Waals surface area contributed by atoms with Gasteiger partial charge in [0.15, 0.2) is 0 Å². The minimum Gasteiger partial charge on any atom is -0.366 e. The summed E-state index contributed by atoms with van der Waals surface area (Å²) in [5, 5.41) is 3.69. The minimum atomic E-state index is 0.262. The van der Waals surface area contributed by atoms with Crippen molar-refractivity contribution in [2.24, 2.45) is 34.0 Å². The van der Waals surface area contributed by atoms with Gasteiger partial charge in [0.25, 0.3) is 0 Å². The van der Waals surface area contributed by atoms with Crippen molar-refractivity contribution in [1.29, 1.82) is 0 Å². The molecule has 0 aromatic rings. The maximum Gasteiger partial charge on any atom is 0.0967 e. The molecule has 2 saturated carbocycles. The van der Waals surface area contributed by atoms with Crippen LogP contribution >= 0.6 is 0 Å². The van der Waals surface area contributed by atoms with Gasteiger partial charge in [-0.25, -0.2) is 0 Å². The summed E-state index contributed by atoms with van der Waals surface area (Å²) in [5.74, 6) is 2.21. The SMILES string of the molecule is CC(C1CCC2(C)C3CCC4C(=CC3=CCC12C)CCC1NCOCC14C)N(C)C.